The Labute approximate surface area is 149 Å². The molecule has 1 saturated carbocycles. The molecule has 4 nitrogen and oxygen atoms in total. The highest BCUT2D eigenvalue weighted by Gasteiger charge is 2.27. The van der Waals surface area contributed by atoms with E-state index in [0.717, 1.165) is 19.3 Å². The summed E-state index contributed by atoms with van der Waals surface area (Å²) >= 11 is 5.34. The van der Waals surface area contributed by atoms with Crippen molar-refractivity contribution in [2.75, 3.05) is 0 Å². The number of carbonyl (C=O) groups excluding carboxylic acids is 1. The Kier molecular flexibility index (Phi) is 5.39. The first kappa shape index (κ1) is 17.2. The van der Waals surface area contributed by atoms with E-state index in [1.54, 1.807) is 0 Å². The van der Waals surface area contributed by atoms with Crippen LogP contribution in [0.2, 0.25) is 0 Å². The number of hydrogen-bond acceptors (Lipinski definition) is 2. The van der Waals surface area contributed by atoms with Crippen LogP contribution in [0.4, 0.5) is 0 Å². The Balaban J connectivity index is 1.50. The van der Waals surface area contributed by atoms with Gasteiger partial charge in [0.1, 0.15) is 0 Å². The normalized spacial score (nSPS) is 25.7. The van der Waals surface area contributed by atoms with Crippen LogP contribution < -0.4 is 16.2 Å². The van der Waals surface area contributed by atoms with Crippen LogP contribution in [0, 0.1) is 11.8 Å². The monoisotopic (exact) mass is 345 g/mol. The number of aryl methyl sites for hydroxylation is 2. The van der Waals surface area contributed by atoms with Gasteiger partial charge in [-0.3, -0.25) is 15.6 Å². The second kappa shape index (κ2) is 7.51. The predicted molar refractivity (Wildman–Crippen MR) is 101 cm³/mol. The van der Waals surface area contributed by atoms with Crippen molar-refractivity contribution >= 4 is 23.2 Å². The van der Waals surface area contributed by atoms with Gasteiger partial charge in [-0.05, 0) is 73.0 Å². The molecule has 1 amide bonds. The van der Waals surface area contributed by atoms with Gasteiger partial charge in [0, 0.05) is 11.6 Å². The van der Waals surface area contributed by atoms with Crippen molar-refractivity contribution in [2.45, 2.75) is 58.4 Å². The lowest BCUT2D eigenvalue weighted by Crippen LogP contribution is -2.52. The number of rotatable bonds is 2. The maximum Gasteiger partial charge on any atom is 0.269 e. The summed E-state index contributed by atoms with van der Waals surface area (Å²) in [7, 11) is 0. The molecule has 5 heteroatoms. The van der Waals surface area contributed by atoms with E-state index in [9.17, 15) is 4.79 Å². The number of thiocarbonyl (C=S) groups is 1. The van der Waals surface area contributed by atoms with Crippen LogP contribution in [0.15, 0.2) is 18.2 Å². The molecule has 0 radical (unpaired) electrons. The predicted octanol–water partition coefficient (Wildman–Crippen LogP) is 3.11. The minimum atomic E-state index is -0.140. The molecule has 1 fully saturated rings. The van der Waals surface area contributed by atoms with Gasteiger partial charge in [0.15, 0.2) is 5.11 Å². The summed E-state index contributed by atoms with van der Waals surface area (Å²) in [6.45, 7) is 4.57. The van der Waals surface area contributed by atoms with E-state index in [0.29, 0.717) is 28.6 Å². The van der Waals surface area contributed by atoms with Crippen molar-refractivity contribution in [1.29, 1.82) is 0 Å². The van der Waals surface area contributed by atoms with Crippen LogP contribution in [0.5, 0.6) is 0 Å². The Hall–Kier alpha value is -1.62. The molecule has 0 aromatic heterocycles. The summed E-state index contributed by atoms with van der Waals surface area (Å²) in [5.74, 6) is 1.16. The number of amides is 1. The minimum absolute atomic E-state index is 0.140. The first-order valence-corrected chi connectivity index (χ1v) is 9.44. The zero-order valence-corrected chi connectivity index (χ0v) is 15.3. The molecule has 0 heterocycles. The highest BCUT2D eigenvalue weighted by molar-refractivity contribution is 7.80. The quantitative estimate of drug-likeness (QED) is 0.569. The molecular formula is C19H27N3OS. The lowest BCUT2D eigenvalue weighted by Gasteiger charge is -2.35. The van der Waals surface area contributed by atoms with Gasteiger partial charge in [-0.25, -0.2) is 0 Å². The molecule has 3 N–H and O–H groups in total. The molecule has 0 unspecified atom stereocenters. The molecule has 2 aliphatic carbocycles. The third-order valence-electron chi connectivity index (χ3n) is 5.67. The fraction of sp³-hybridized carbons (Fsp3) is 0.579. The van der Waals surface area contributed by atoms with Crippen molar-refractivity contribution in [3.05, 3.63) is 34.9 Å². The second-order valence-electron chi connectivity index (χ2n) is 7.26. The van der Waals surface area contributed by atoms with E-state index in [4.69, 9.17) is 12.2 Å². The molecule has 24 heavy (non-hydrogen) atoms. The van der Waals surface area contributed by atoms with E-state index in [1.807, 2.05) is 12.1 Å². The highest BCUT2D eigenvalue weighted by atomic mass is 32.1. The van der Waals surface area contributed by atoms with Crippen molar-refractivity contribution in [2.24, 2.45) is 11.8 Å². The molecule has 0 spiro atoms. The van der Waals surface area contributed by atoms with Crippen LogP contribution in [-0.2, 0) is 12.8 Å². The SMILES string of the molecule is C[C@@H]1[C@@H](C)CCC[C@H]1NC(=S)NNC(=O)c1ccc2c(c1)CCC2. The number of nitrogens with one attached hydrogen (secondary N) is 3. The summed E-state index contributed by atoms with van der Waals surface area (Å²) < 4.78 is 0. The fourth-order valence-corrected chi connectivity index (χ4v) is 4.09. The molecule has 2 aliphatic rings. The number of hydrazine groups is 1. The van der Waals surface area contributed by atoms with Crippen molar-refractivity contribution < 1.29 is 4.79 Å². The van der Waals surface area contributed by atoms with Gasteiger partial charge >= 0.3 is 0 Å². The van der Waals surface area contributed by atoms with Gasteiger partial charge in [-0.1, -0.05) is 32.8 Å². The van der Waals surface area contributed by atoms with E-state index in [2.05, 4.69) is 36.1 Å². The maximum absolute atomic E-state index is 12.3. The molecular weight excluding hydrogens is 318 g/mol. The van der Waals surface area contributed by atoms with Crippen molar-refractivity contribution in [3.8, 4) is 0 Å². The Morgan fingerprint density at radius 3 is 2.71 bits per heavy atom. The van der Waals surface area contributed by atoms with E-state index >= 15 is 0 Å². The molecule has 1 aromatic carbocycles. The molecule has 3 rings (SSSR count). The van der Waals surface area contributed by atoms with E-state index in [1.165, 1.54) is 30.4 Å². The number of carbonyl (C=O) groups is 1. The Morgan fingerprint density at radius 2 is 1.88 bits per heavy atom. The van der Waals surface area contributed by atoms with Gasteiger partial charge in [-0.2, -0.15) is 0 Å². The van der Waals surface area contributed by atoms with Gasteiger partial charge in [-0.15, -0.1) is 0 Å². The molecule has 0 aliphatic heterocycles. The van der Waals surface area contributed by atoms with E-state index < -0.39 is 0 Å². The summed E-state index contributed by atoms with van der Waals surface area (Å²) in [5.41, 5.74) is 8.92. The van der Waals surface area contributed by atoms with E-state index in [-0.39, 0.29) is 5.91 Å². The highest BCUT2D eigenvalue weighted by Crippen LogP contribution is 2.29. The van der Waals surface area contributed by atoms with Crippen LogP contribution in [0.1, 0.15) is 61.0 Å². The standard InChI is InChI=1S/C19H27N3OS/c1-12-5-3-8-17(13(12)2)20-19(24)22-21-18(23)16-10-9-14-6-4-7-15(14)11-16/h9-13,17H,3-8H2,1-2H3,(H,21,23)(H2,20,22,24)/t12-,13+,17+/m0/s1. The zero-order chi connectivity index (χ0) is 17.1. The molecule has 1 aromatic rings. The topological polar surface area (TPSA) is 53.2 Å². The minimum Gasteiger partial charge on any atom is -0.358 e. The first-order chi connectivity index (χ1) is 11.5. The lowest BCUT2D eigenvalue weighted by atomic mass is 9.78. The smallest absolute Gasteiger partial charge is 0.269 e. The average Bonchev–Trinajstić information content (AvgIpc) is 3.04. The van der Waals surface area contributed by atoms with Gasteiger partial charge < -0.3 is 5.32 Å². The Morgan fingerprint density at radius 1 is 1.08 bits per heavy atom. The lowest BCUT2D eigenvalue weighted by molar-refractivity contribution is 0.0943. The van der Waals surface area contributed by atoms with Crippen LogP contribution in [-0.4, -0.2) is 17.1 Å². The van der Waals surface area contributed by atoms with Crippen LogP contribution in [0.25, 0.3) is 0 Å². The third-order valence-corrected chi connectivity index (χ3v) is 5.89. The Bertz CT molecular complexity index is 631. The van der Waals surface area contributed by atoms with Crippen molar-refractivity contribution in [1.82, 2.24) is 16.2 Å². The molecule has 0 bridgehead atoms. The largest absolute Gasteiger partial charge is 0.358 e. The third kappa shape index (κ3) is 3.89. The number of hydrogen-bond donors (Lipinski definition) is 3. The van der Waals surface area contributed by atoms with Gasteiger partial charge in [0.2, 0.25) is 0 Å². The molecule has 130 valence electrons. The summed E-state index contributed by atoms with van der Waals surface area (Å²) in [4.78, 5) is 12.3. The first-order valence-electron chi connectivity index (χ1n) is 9.03. The zero-order valence-electron chi connectivity index (χ0n) is 14.5. The van der Waals surface area contributed by atoms with Crippen LogP contribution in [0.3, 0.4) is 0 Å². The van der Waals surface area contributed by atoms with Crippen LogP contribution >= 0.6 is 12.2 Å². The number of benzene rings is 1. The average molecular weight is 346 g/mol. The second-order valence-corrected chi connectivity index (χ2v) is 7.67. The molecule has 3 atom stereocenters. The van der Waals surface area contributed by atoms with Gasteiger partial charge in [0.05, 0.1) is 0 Å². The van der Waals surface area contributed by atoms with Gasteiger partial charge in [0.25, 0.3) is 5.91 Å². The number of fused-ring (bicyclic) bond motifs is 1. The summed E-state index contributed by atoms with van der Waals surface area (Å²) in [6, 6.07) is 6.34. The summed E-state index contributed by atoms with van der Waals surface area (Å²) in [6.07, 6.45) is 7.03. The summed E-state index contributed by atoms with van der Waals surface area (Å²) in [5, 5.41) is 3.85. The fourth-order valence-electron chi connectivity index (χ4n) is 3.89. The van der Waals surface area contributed by atoms with Crippen molar-refractivity contribution in [3.63, 3.8) is 0 Å². The maximum atomic E-state index is 12.3. The molecule has 0 saturated heterocycles.